The molecule has 132 valence electrons. The summed E-state index contributed by atoms with van der Waals surface area (Å²) < 4.78 is 32.5. The lowest BCUT2D eigenvalue weighted by molar-refractivity contribution is -0.385. The van der Waals surface area contributed by atoms with Crippen molar-refractivity contribution >= 4 is 27.1 Å². The number of nitrogens with one attached hydrogen (secondary N) is 1. The van der Waals surface area contributed by atoms with Crippen molar-refractivity contribution in [3.63, 3.8) is 0 Å². The first-order valence-electron chi connectivity index (χ1n) is 7.66. The molecular formula is C16H17N3O5S. The molecule has 9 heteroatoms. The maximum atomic E-state index is 12.4. The molecule has 1 aliphatic heterocycles. The van der Waals surface area contributed by atoms with Gasteiger partial charge in [-0.1, -0.05) is 6.07 Å². The first-order valence-corrected chi connectivity index (χ1v) is 9.14. The van der Waals surface area contributed by atoms with Crippen LogP contribution in [-0.2, 0) is 14.8 Å². The Hall–Kier alpha value is -2.65. The van der Waals surface area contributed by atoms with Crippen molar-refractivity contribution in [3.8, 4) is 0 Å². The Bertz CT molecular complexity index is 862. The highest BCUT2D eigenvalue weighted by molar-refractivity contribution is 7.92. The van der Waals surface area contributed by atoms with Crippen molar-refractivity contribution in [2.24, 2.45) is 0 Å². The lowest BCUT2D eigenvalue weighted by atomic mass is 10.2. The van der Waals surface area contributed by atoms with Gasteiger partial charge in [-0.15, -0.1) is 0 Å². The molecule has 1 fully saturated rings. The van der Waals surface area contributed by atoms with E-state index >= 15 is 0 Å². The fourth-order valence-electron chi connectivity index (χ4n) is 2.54. The van der Waals surface area contributed by atoms with E-state index in [1.807, 2.05) is 12.1 Å². The molecule has 0 saturated carbocycles. The molecule has 0 aromatic heterocycles. The van der Waals surface area contributed by atoms with Gasteiger partial charge in [0.1, 0.15) is 0 Å². The zero-order valence-corrected chi connectivity index (χ0v) is 14.1. The summed E-state index contributed by atoms with van der Waals surface area (Å²) in [5, 5.41) is 10.8. The summed E-state index contributed by atoms with van der Waals surface area (Å²) in [6.45, 7) is 2.92. The summed E-state index contributed by atoms with van der Waals surface area (Å²) in [7, 11) is -3.90. The summed E-state index contributed by atoms with van der Waals surface area (Å²) in [6.07, 6.45) is 0. The third-order valence-corrected chi connectivity index (χ3v) is 5.21. The largest absolute Gasteiger partial charge is 0.378 e. The highest BCUT2D eigenvalue weighted by atomic mass is 32.2. The zero-order valence-electron chi connectivity index (χ0n) is 13.3. The number of rotatable bonds is 5. The SMILES string of the molecule is O=[N+]([O-])c1cccc(S(=O)(=O)Nc2ccc(N3CCOCC3)cc2)c1. The first-order chi connectivity index (χ1) is 12.0. The lowest BCUT2D eigenvalue weighted by Gasteiger charge is -2.28. The predicted octanol–water partition coefficient (Wildman–Crippen LogP) is 2.23. The van der Waals surface area contributed by atoms with E-state index in [1.165, 1.54) is 18.2 Å². The van der Waals surface area contributed by atoms with Crippen LogP contribution < -0.4 is 9.62 Å². The van der Waals surface area contributed by atoms with Crippen LogP contribution in [0.15, 0.2) is 53.4 Å². The maximum absolute atomic E-state index is 12.4. The van der Waals surface area contributed by atoms with Crippen LogP contribution in [0, 0.1) is 10.1 Å². The van der Waals surface area contributed by atoms with Crippen molar-refractivity contribution in [3.05, 3.63) is 58.6 Å². The van der Waals surface area contributed by atoms with Crippen LogP contribution in [0.1, 0.15) is 0 Å². The fraction of sp³-hybridized carbons (Fsp3) is 0.250. The molecule has 1 N–H and O–H groups in total. The van der Waals surface area contributed by atoms with Gasteiger partial charge in [0.25, 0.3) is 15.7 Å². The molecule has 2 aromatic rings. The number of benzene rings is 2. The summed E-state index contributed by atoms with van der Waals surface area (Å²) in [5.41, 5.74) is 1.11. The number of nitrogens with zero attached hydrogens (tertiary/aromatic N) is 2. The minimum Gasteiger partial charge on any atom is -0.378 e. The number of nitro groups is 1. The van der Waals surface area contributed by atoms with Crippen molar-refractivity contribution in [2.45, 2.75) is 4.90 Å². The molecule has 0 spiro atoms. The van der Waals surface area contributed by atoms with E-state index in [4.69, 9.17) is 4.74 Å². The van der Waals surface area contributed by atoms with E-state index in [0.717, 1.165) is 24.8 Å². The quantitative estimate of drug-likeness (QED) is 0.646. The van der Waals surface area contributed by atoms with E-state index in [2.05, 4.69) is 9.62 Å². The molecule has 25 heavy (non-hydrogen) atoms. The van der Waals surface area contributed by atoms with Gasteiger partial charge < -0.3 is 9.64 Å². The van der Waals surface area contributed by atoms with E-state index in [1.54, 1.807) is 12.1 Å². The van der Waals surface area contributed by atoms with Crippen LogP contribution in [0.3, 0.4) is 0 Å². The summed E-state index contributed by atoms with van der Waals surface area (Å²) >= 11 is 0. The second-order valence-electron chi connectivity index (χ2n) is 5.51. The minimum atomic E-state index is -3.90. The van der Waals surface area contributed by atoms with Crippen LogP contribution in [0.4, 0.5) is 17.1 Å². The number of hydrogen-bond acceptors (Lipinski definition) is 6. The van der Waals surface area contributed by atoms with Crippen LogP contribution >= 0.6 is 0 Å². The van der Waals surface area contributed by atoms with Crippen molar-refractivity contribution in [1.82, 2.24) is 0 Å². The Morgan fingerprint density at radius 3 is 2.40 bits per heavy atom. The predicted molar refractivity (Wildman–Crippen MR) is 93.4 cm³/mol. The number of morpholine rings is 1. The molecule has 2 aromatic carbocycles. The number of anilines is 2. The van der Waals surface area contributed by atoms with Gasteiger partial charge in [-0.25, -0.2) is 8.42 Å². The molecule has 1 saturated heterocycles. The molecule has 0 atom stereocenters. The number of non-ortho nitro benzene ring substituents is 1. The van der Waals surface area contributed by atoms with Crippen LogP contribution in [-0.4, -0.2) is 39.6 Å². The third-order valence-electron chi connectivity index (χ3n) is 3.83. The molecule has 1 heterocycles. The number of sulfonamides is 1. The standard InChI is InChI=1S/C16H17N3O5S/c20-19(21)15-2-1-3-16(12-15)25(22,23)17-13-4-6-14(7-5-13)18-8-10-24-11-9-18/h1-7,12,17H,8-11H2. The van der Waals surface area contributed by atoms with Crippen molar-refractivity contribution in [1.29, 1.82) is 0 Å². The average molecular weight is 363 g/mol. The molecule has 0 bridgehead atoms. The number of nitro benzene ring substituents is 1. The van der Waals surface area contributed by atoms with E-state index in [0.29, 0.717) is 18.9 Å². The van der Waals surface area contributed by atoms with Gasteiger partial charge in [0.05, 0.1) is 23.0 Å². The molecule has 3 rings (SSSR count). The van der Waals surface area contributed by atoms with Crippen LogP contribution in [0.2, 0.25) is 0 Å². The average Bonchev–Trinajstić information content (AvgIpc) is 2.63. The summed E-state index contributed by atoms with van der Waals surface area (Å²) in [4.78, 5) is 12.2. The third kappa shape index (κ3) is 4.06. The molecule has 0 unspecified atom stereocenters. The van der Waals surface area contributed by atoms with Crippen molar-refractivity contribution < 1.29 is 18.1 Å². The minimum absolute atomic E-state index is 0.154. The molecule has 1 aliphatic rings. The van der Waals surface area contributed by atoms with Gasteiger partial charge in [0.2, 0.25) is 0 Å². The summed E-state index contributed by atoms with van der Waals surface area (Å²) in [5.74, 6) is 0. The normalized spacial score (nSPS) is 15.0. The molecule has 0 amide bonds. The Kier molecular flexibility index (Phi) is 4.86. The molecule has 0 aliphatic carbocycles. The Morgan fingerprint density at radius 2 is 1.76 bits per heavy atom. The highest BCUT2D eigenvalue weighted by Gasteiger charge is 2.18. The van der Waals surface area contributed by atoms with Crippen molar-refractivity contribution in [2.75, 3.05) is 35.9 Å². The zero-order chi connectivity index (χ0) is 17.9. The van der Waals surface area contributed by atoms with Gasteiger partial charge in [-0.05, 0) is 30.3 Å². The topological polar surface area (TPSA) is 102 Å². The molecule has 0 radical (unpaired) electrons. The van der Waals surface area contributed by atoms with Gasteiger partial charge in [0.15, 0.2) is 0 Å². The molecular weight excluding hydrogens is 346 g/mol. The lowest BCUT2D eigenvalue weighted by Crippen LogP contribution is -2.36. The van der Waals surface area contributed by atoms with Gasteiger partial charge in [-0.2, -0.15) is 0 Å². The Morgan fingerprint density at radius 1 is 1.08 bits per heavy atom. The number of hydrogen-bond donors (Lipinski definition) is 1. The van der Waals surface area contributed by atoms with Gasteiger partial charge in [-0.3, -0.25) is 14.8 Å². The monoisotopic (exact) mass is 363 g/mol. The Labute approximate surface area is 145 Å². The second-order valence-corrected chi connectivity index (χ2v) is 7.19. The fourth-order valence-corrected chi connectivity index (χ4v) is 3.64. The smallest absolute Gasteiger partial charge is 0.270 e. The van der Waals surface area contributed by atoms with Gasteiger partial charge in [0, 0.05) is 36.6 Å². The van der Waals surface area contributed by atoms with Crippen LogP contribution in [0.25, 0.3) is 0 Å². The number of ether oxygens (including phenoxy) is 1. The van der Waals surface area contributed by atoms with Crippen LogP contribution in [0.5, 0.6) is 0 Å². The van der Waals surface area contributed by atoms with E-state index in [-0.39, 0.29) is 10.6 Å². The first kappa shape index (κ1) is 17.2. The summed E-state index contributed by atoms with van der Waals surface area (Å²) in [6, 6.07) is 11.9. The highest BCUT2D eigenvalue weighted by Crippen LogP contribution is 2.23. The second kappa shape index (κ2) is 7.08. The molecule has 8 nitrogen and oxygen atoms in total. The Balaban J connectivity index is 1.76. The maximum Gasteiger partial charge on any atom is 0.270 e. The van der Waals surface area contributed by atoms with Gasteiger partial charge >= 0.3 is 0 Å². The van der Waals surface area contributed by atoms with E-state index in [9.17, 15) is 18.5 Å². The van der Waals surface area contributed by atoms with E-state index < -0.39 is 14.9 Å².